The summed E-state index contributed by atoms with van der Waals surface area (Å²) in [5.41, 5.74) is 1.83. The Bertz CT molecular complexity index is 462. The zero-order chi connectivity index (χ0) is 11.5. The fourth-order valence-electron chi connectivity index (χ4n) is 2.15. The average Bonchev–Trinajstić information content (AvgIpc) is 2.29. The number of nitrogens with one attached hydrogen (secondary N) is 1. The van der Waals surface area contributed by atoms with Gasteiger partial charge in [-0.2, -0.15) is 0 Å². The van der Waals surface area contributed by atoms with Gasteiger partial charge in [0, 0.05) is 6.20 Å². The van der Waals surface area contributed by atoms with Crippen molar-refractivity contribution in [3.63, 3.8) is 0 Å². The van der Waals surface area contributed by atoms with Gasteiger partial charge in [0.15, 0.2) is 0 Å². The molecule has 4 nitrogen and oxygen atoms in total. The van der Waals surface area contributed by atoms with E-state index in [2.05, 4.69) is 4.98 Å². The van der Waals surface area contributed by atoms with Crippen molar-refractivity contribution in [2.24, 2.45) is 0 Å². The van der Waals surface area contributed by atoms with Crippen molar-refractivity contribution < 1.29 is 9.53 Å². The normalized spacial score (nSPS) is 14.3. The van der Waals surface area contributed by atoms with Crippen LogP contribution in [0.25, 0.3) is 0 Å². The van der Waals surface area contributed by atoms with Gasteiger partial charge >= 0.3 is 5.97 Å². The highest BCUT2D eigenvalue weighted by atomic mass is 16.5. The van der Waals surface area contributed by atoms with Gasteiger partial charge in [-0.05, 0) is 43.7 Å². The van der Waals surface area contributed by atoms with Gasteiger partial charge in [0.25, 0.3) is 5.56 Å². The number of hydrogen-bond acceptors (Lipinski definition) is 3. The number of carbonyl (C=O) groups excluding carboxylic acids is 1. The van der Waals surface area contributed by atoms with Crippen LogP contribution in [0.15, 0.2) is 11.0 Å². The Hall–Kier alpha value is -1.58. The number of carbonyl (C=O) groups is 1. The first kappa shape index (κ1) is 10.9. The molecule has 1 N–H and O–H groups in total. The Balaban J connectivity index is 2.50. The van der Waals surface area contributed by atoms with Gasteiger partial charge in [0.2, 0.25) is 0 Å². The van der Waals surface area contributed by atoms with E-state index in [0.29, 0.717) is 6.61 Å². The smallest absolute Gasteiger partial charge is 0.344 e. The van der Waals surface area contributed by atoms with Crippen molar-refractivity contribution in [1.82, 2.24) is 4.98 Å². The Morgan fingerprint density at radius 1 is 1.44 bits per heavy atom. The molecule has 1 aromatic heterocycles. The first-order chi connectivity index (χ1) is 7.74. The van der Waals surface area contributed by atoms with Crippen molar-refractivity contribution in [2.75, 3.05) is 6.61 Å². The lowest BCUT2D eigenvalue weighted by Crippen LogP contribution is -2.25. The van der Waals surface area contributed by atoms with Gasteiger partial charge in [-0.15, -0.1) is 0 Å². The molecule has 0 atom stereocenters. The zero-order valence-corrected chi connectivity index (χ0v) is 9.34. The summed E-state index contributed by atoms with van der Waals surface area (Å²) in [5, 5.41) is 0. The number of ether oxygens (including phenoxy) is 1. The molecule has 86 valence electrons. The summed E-state index contributed by atoms with van der Waals surface area (Å²) < 4.78 is 4.92. The van der Waals surface area contributed by atoms with Crippen LogP contribution in [0, 0.1) is 0 Å². The van der Waals surface area contributed by atoms with Gasteiger partial charge in [-0.1, -0.05) is 0 Å². The summed E-state index contributed by atoms with van der Waals surface area (Å²) in [5.74, 6) is -0.498. The number of aromatic amines is 1. The molecule has 0 fully saturated rings. The largest absolute Gasteiger partial charge is 0.462 e. The minimum absolute atomic E-state index is 0.207. The highest BCUT2D eigenvalue weighted by molar-refractivity contribution is 5.91. The van der Waals surface area contributed by atoms with Crippen LogP contribution in [0.5, 0.6) is 0 Å². The molecule has 0 spiro atoms. The van der Waals surface area contributed by atoms with E-state index < -0.39 is 5.97 Å². The molecule has 0 saturated carbocycles. The number of rotatable bonds is 2. The van der Waals surface area contributed by atoms with Crippen LogP contribution >= 0.6 is 0 Å². The van der Waals surface area contributed by atoms with Crippen LogP contribution < -0.4 is 5.56 Å². The summed E-state index contributed by atoms with van der Waals surface area (Å²) >= 11 is 0. The molecule has 0 amide bonds. The zero-order valence-electron chi connectivity index (χ0n) is 9.34. The molecular weight excluding hydrogens is 206 g/mol. The van der Waals surface area contributed by atoms with E-state index in [0.717, 1.165) is 36.8 Å². The van der Waals surface area contributed by atoms with Crippen LogP contribution in [-0.2, 0) is 17.6 Å². The molecule has 1 aromatic rings. The lowest BCUT2D eigenvalue weighted by molar-refractivity contribution is 0.0522. The maximum atomic E-state index is 11.7. The molecule has 2 rings (SSSR count). The average molecular weight is 221 g/mol. The van der Waals surface area contributed by atoms with E-state index in [1.165, 1.54) is 0 Å². The van der Waals surface area contributed by atoms with Crippen LogP contribution in [0.2, 0.25) is 0 Å². The topological polar surface area (TPSA) is 59.2 Å². The van der Waals surface area contributed by atoms with Gasteiger partial charge in [-0.3, -0.25) is 4.79 Å². The molecule has 0 bridgehead atoms. The number of esters is 1. The predicted octanol–water partition coefficient (Wildman–Crippen LogP) is 1.43. The molecule has 4 heteroatoms. The number of aromatic nitrogens is 1. The Morgan fingerprint density at radius 2 is 2.19 bits per heavy atom. The standard InChI is InChI=1S/C12H15NO3/c1-2-16-12(15)10-9-6-4-3-5-8(9)7-13-11(10)14/h7H,2-6H2,1H3,(H,13,14). The second-order valence-electron chi connectivity index (χ2n) is 3.92. The number of aryl methyl sites for hydroxylation is 1. The molecule has 0 saturated heterocycles. The van der Waals surface area contributed by atoms with Gasteiger partial charge in [0.05, 0.1) is 6.61 Å². The molecule has 1 aliphatic rings. The molecular formula is C12H15NO3. The van der Waals surface area contributed by atoms with Crippen molar-refractivity contribution in [3.8, 4) is 0 Å². The number of pyridine rings is 1. The molecule has 0 aliphatic heterocycles. The first-order valence-corrected chi connectivity index (χ1v) is 5.64. The SMILES string of the molecule is CCOC(=O)c1c2c(c[nH]c1=O)CCCC2. The molecule has 1 aliphatic carbocycles. The fraction of sp³-hybridized carbons (Fsp3) is 0.500. The van der Waals surface area contributed by atoms with E-state index in [-0.39, 0.29) is 11.1 Å². The van der Waals surface area contributed by atoms with Gasteiger partial charge in [0.1, 0.15) is 5.56 Å². The summed E-state index contributed by atoms with van der Waals surface area (Å²) in [6.45, 7) is 2.03. The quantitative estimate of drug-likeness (QED) is 0.768. The second-order valence-corrected chi connectivity index (χ2v) is 3.92. The molecule has 0 aromatic carbocycles. The predicted molar refractivity (Wildman–Crippen MR) is 59.7 cm³/mol. The van der Waals surface area contributed by atoms with E-state index in [9.17, 15) is 9.59 Å². The maximum absolute atomic E-state index is 11.7. The Labute approximate surface area is 93.6 Å². The summed E-state index contributed by atoms with van der Waals surface area (Å²) in [6.07, 6.45) is 5.59. The third-order valence-corrected chi connectivity index (χ3v) is 2.90. The minimum atomic E-state index is -0.498. The highest BCUT2D eigenvalue weighted by Gasteiger charge is 2.21. The minimum Gasteiger partial charge on any atom is -0.462 e. The third-order valence-electron chi connectivity index (χ3n) is 2.90. The Morgan fingerprint density at radius 3 is 2.94 bits per heavy atom. The van der Waals surface area contributed by atoms with Gasteiger partial charge in [-0.25, -0.2) is 4.79 Å². The van der Waals surface area contributed by atoms with Crippen molar-refractivity contribution >= 4 is 5.97 Å². The molecule has 16 heavy (non-hydrogen) atoms. The fourth-order valence-corrected chi connectivity index (χ4v) is 2.15. The lowest BCUT2D eigenvalue weighted by Gasteiger charge is -2.17. The van der Waals surface area contributed by atoms with Crippen molar-refractivity contribution in [2.45, 2.75) is 32.6 Å². The van der Waals surface area contributed by atoms with Crippen LogP contribution in [0.3, 0.4) is 0 Å². The van der Waals surface area contributed by atoms with E-state index in [1.54, 1.807) is 13.1 Å². The number of H-pyrrole nitrogens is 1. The number of fused-ring (bicyclic) bond motifs is 1. The van der Waals surface area contributed by atoms with Gasteiger partial charge < -0.3 is 9.72 Å². The van der Waals surface area contributed by atoms with Crippen LogP contribution in [0.4, 0.5) is 0 Å². The number of hydrogen-bond donors (Lipinski definition) is 1. The second kappa shape index (κ2) is 4.51. The Kier molecular flexibility index (Phi) is 3.08. The molecule has 0 radical (unpaired) electrons. The summed E-state index contributed by atoms with van der Waals surface area (Å²) in [7, 11) is 0. The highest BCUT2D eigenvalue weighted by Crippen LogP contribution is 2.22. The van der Waals surface area contributed by atoms with Crippen molar-refractivity contribution in [1.29, 1.82) is 0 Å². The third kappa shape index (κ3) is 1.87. The van der Waals surface area contributed by atoms with Crippen molar-refractivity contribution in [3.05, 3.63) is 33.2 Å². The van der Waals surface area contributed by atoms with Crippen LogP contribution in [0.1, 0.15) is 41.3 Å². The lowest BCUT2D eigenvalue weighted by atomic mass is 9.90. The first-order valence-electron chi connectivity index (χ1n) is 5.64. The monoisotopic (exact) mass is 221 g/mol. The van der Waals surface area contributed by atoms with E-state index >= 15 is 0 Å². The van der Waals surface area contributed by atoms with E-state index in [4.69, 9.17) is 4.74 Å². The van der Waals surface area contributed by atoms with E-state index in [1.807, 2.05) is 0 Å². The molecule has 1 heterocycles. The summed E-state index contributed by atoms with van der Waals surface area (Å²) in [6, 6.07) is 0. The van der Waals surface area contributed by atoms with Crippen LogP contribution in [-0.4, -0.2) is 17.6 Å². The summed E-state index contributed by atoms with van der Waals surface area (Å²) in [4.78, 5) is 26.0. The maximum Gasteiger partial charge on any atom is 0.344 e. The molecule has 0 unspecified atom stereocenters.